The molecule has 1 aliphatic heterocycles. The van der Waals surface area contributed by atoms with Crippen molar-refractivity contribution in [3.8, 4) is 5.75 Å². The molecule has 1 aromatic rings. The quantitative estimate of drug-likeness (QED) is 0.711. The zero-order valence-corrected chi connectivity index (χ0v) is 10.8. The van der Waals surface area contributed by atoms with Gasteiger partial charge in [-0.3, -0.25) is 4.79 Å². The standard InChI is InChI=1S/C11H13IN2O2/c12-9-2-1-7(5-10(9)15)11(16)14-8-3-4-13-6-8/h1-2,5,8,13,15H,3-4,6H2,(H,14,16)/t8-/m1/s1. The molecule has 0 saturated carbocycles. The molecular weight excluding hydrogens is 319 g/mol. The molecule has 1 aliphatic rings. The number of phenolic OH excluding ortho intramolecular Hbond substituents is 1. The molecule has 16 heavy (non-hydrogen) atoms. The zero-order chi connectivity index (χ0) is 11.5. The maximum atomic E-state index is 11.8. The minimum atomic E-state index is -0.125. The Balaban J connectivity index is 2.05. The number of phenols is 1. The van der Waals surface area contributed by atoms with Crippen molar-refractivity contribution in [2.75, 3.05) is 13.1 Å². The molecule has 0 aromatic heterocycles. The minimum Gasteiger partial charge on any atom is -0.507 e. The molecule has 3 N–H and O–H groups in total. The summed E-state index contributed by atoms with van der Waals surface area (Å²) in [6.07, 6.45) is 0.960. The molecule has 1 amide bonds. The number of benzene rings is 1. The van der Waals surface area contributed by atoms with E-state index in [9.17, 15) is 9.90 Å². The summed E-state index contributed by atoms with van der Waals surface area (Å²) >= 11 is 2.02. The summed E-state index contributed by atoms with van der Waals surface area (Å²) < 4.78 is 0.747. The third-order valence-corrected chi connectivity index (χ3v) is 3.52. The summed E-state index contributed by atoms with van der Waals surface area (Å²) in [7, 11) is 0. The lowest BCUT2D eigenvalue weighted by Crippen LogP contribution is -2.36. The van der Waals surface area contributed by atoms with Gasteiger partial charge < -0.3 is 15.7 Å². The number of hydrogen-bond acceptors (Lipinski definition) is 3. The first-order chi connectivity index (χ1) is 7.66. The van der Waals surface area contributed by atoms with E-state index in [4.69, 9.17) is 0 Å². The number of nitrogens with one attached hydrogen (secondary N) is 2. The third kappa shape index (κ3) is 2.65. The Morgan fingerprint density at radius 2 is 2.38 bits per heavy atom. The average Bonchev–Trinajstić information content (AvgIpc) is 2.74. The fourth-order valence-corrected chi connectivity index (χ4v) is 2.04. The van der Waals surface area contributed by atoms with Gasteiger partial charge in [-0.15, -0.1) is 0 Å². The van der Waals surface area contributed by atoms with Crippen molar-refractivity contribution >= 4 is 28.5 Å². The SMILES string of the molecule is O=C(N[C@@H]1CCNC1)c1ccc(I)c(O)c1. The van der Waals surface area contributed by atoms with Gasteiger partial charge in [0.25, 0.3) is 5.91 Å². The lowest BCUT2D eigenvalue weighted by atomic mass is 10.2. The summed E-state index contributed by atoms with van der Waals surface area (Å²) in [5, 5.41) is 15.6. The van der Waals surface area contributed by atoms with Crippen LogP contribution in [0.3, 0.4) is 0 Å². The fraction of sp³-hybridized carbons (Fsp3) is 0.364. The molecule has 1 atom stereocenters. The van der Waals surface area contributed by atoms with Crippen LogP contribution in [0.5, 0.6) is 5.75 Å². The van der Waals surface area contributed by atoms with Gasteiger partial charge in [-0.2, -0.15) is 0 Å². The van der Waals surface area contributed by atoms with Crippen LogP contribution in [0.1, 0.15) is 16.8 Å². The first-order valence-corrected chi connectivity index (χ1v) is 6.25. The number of halogens is 1. The van der Waals surface area contributed by atoms with E-state index < -0.39 is 0 Å². The first-order valence-electron chi connectivity index (χ1n) is 5.17. The largest absolute Gasteiger partial charge is 0.507 e. The number of hydrogen-bond donors (Lipinski definition) is 3. The van der Waals surface area contributed by atoms with E-state index >= 15 is 0 Å². The highest BCUT2D eigenvalue weighted by atomic mass is 127. The summed E-state index contributed by atoms with van der Waals surface area (Å²) in [5.74, 6) is 0.0261. The van der Waals surface area contributed by atoms with Crippen molar-refractivity contribution < 1.29 is 9.90 Å². The molecule has 1 fully saturated rings. The van der Waals surface area contributed by atoms with E-state index in [0.29, 0.717) is 5.56 Å². The van der Waals surface area contributed by atoms with Crippen molar-refractivity contribution in [2.24, 2.45) is 0 Å². The Kier molecular flexibility index (Phi) is 3.65. The van der Waals surface area contributed by atoms with E-state index in [2.05, 4.69) is 10.6 Å². The Morgan fingerprint density at radius 1 is 1.56 bits per heavy atom. The number of amides is 1. The van der Waals surface area contributed by atoms with Crippen molar-refractivity contribution in [3.05, 3.63) is 27.3 Å². The highest BCUT2D eigenvalue weighted by Gasteiger charge is 2.17. The first kappa shape index (κ1) is 11.7. The van der Waals surface area contributed by atoms with Gasteiger partial charge in [0.15, 0.2) is 0 Å². The van der Waals surface area contributed by atoms with E-state index in [-0.39, 0.29) is 17.7 Å². The Hall–Kier alpha value is -0.820. The predicted octanol–water partition coefficient (Wildman–Crippen LogP) is 1.09. The minimum absolute atomic E-state index is 0.125. The second-order valence-corrected chi connectivity index (χ2v) is 4.99. The predicted molar refractivity (Wildman–Crippen MR) is 69.6 cm³/mol. The zero-order valence-electron chi connectivity index (χ0n) is 8.66. The summed E-state index contributed by atoms with van der Waals surface area (Å²) in [5.41, 5.74) is 0.504. The highest BCUT2D eigenvalue weighted by molar-refractivity contribution is 14.1. The second kappa shape index (κ2) is 5.01. The van der Waals surface area contributed by atoms with E-state index in [1.807, 2.05) is 22.6 Å². The fourth-order valence-electron chi connectivity index (χ4n) is 1.70. The average molecular weight is 332 g/mol. The summed E-state index contributed by atoms with van der Waals surface area (Å²) in [4.78, 5) is 11.8. The smallest absolute Gasteiger partial charge is 0.251 e. The van der Waals surface area contributed by atoms with Crippen molar-refractivity contribution in [2.45, 2.75) is 12.5 Å². The van der Waals surface area contributed by atoms with Gasteiger partial charge in [0.1, 0.15) is 5.75 Å². The Bertz CT molecular complexity index is 403. The number of carbonyl (C=O) groups excluding carboxylic acids is 1. The van der Waals surface area contributed by atoms with Crippen LogP contribution in [0, 0.1) is 3.57 Å². The maximum absolute atomic E-state index is 11.8. The molecule has 1 aromatic carbocycles. The van der Waals surface area contributed by atoms with Gasteiger partial charge in [-0.1, -0.05) is 0 Å². The summed E-state index contributed by atoms with van der Waals surface area (Å²) in [6.45, 7) is 1.77. The van der Waals surface area contributed by atoms with Crippen LogP contribution < -0.4 is 10.6 Å². The van der Waals surface area contributed by atoms with Crippen molar-refractivity contribution in [1.82, 2.24) is 10.6 Å². The normalized spacial score (nSPS) is 19.7. The third-order valence-electron chi connectivity index (χ3n) is 2.60. The maximum Gasteiger partial charge on any atom is 0.251 e. The highest BCUT2D eigenvalue weighted by Crippen LogP contribution is 2.20. The summed E-state index contributed by atoms with van der Waals surface area (Å²) in [6, 6.07) is 5.16. The topological polar surface area (TPSA) is 61.4 Å². The van der Waals surface area contributed by atoms with Gasteiger partial charge in [-0.05, 0) is 53.8 Å². The molecule has 0 bridgehead atoms. The van der Waals surface area contributed by atoms with Crippen molar-refractivity contribution in [3.63, 3.8) is 0 Å². The van der Waals surface area contributed by atoms with Crippen LogP contribution in [0.2, 0.25) is 0 Å². The number of carbonyl (C=O) groups is 1. The molecule has 1 saturated heterocycles. The molecule has 86 valence electrons. The second-order valence-electron chi connectivity index (χ2n) is 3.83. The van der Waals surface area contributed by atoms with Crippen LogP contribution in [0.15, 0.2) is 18.2 Å². The Morgan fingerprint density at radius 3 is 3.00 bits per heavy atom. The molecule has 0 spiro atoms. The van der Waals surface area contributed by atoms with Crippen LogP contribution in [-0.2, 0) is 0 Å². The van der Waals surface area contributed by atoms with Crippen molar-refractivity contribution in [1.29, 1.82) is 0 Å². The Labute approximate surface area is 108 Å². The lowest BCUT2D eigenvalue weighted by Gasteiger charge is -2.11. The van der Waals surface area contributed by atoms with Gasteiger partial charge in [0.05, 0.1) is 3.57 Å². The molecule has 0 unspecified atom stereocenters. The monoisotopic (exact) mass is 332 g/mol. The molecule has 5 heteroatoms. The molecule has 2 rings (SSSR count). The van der Waals surface area contributed by atoms with Gasteiger partial charge >= 0.3 is 0 Å². The van der Waals surface area contributed by atoms with E-state index in [1.54, 1.807) is 12.1 Å². The molecule has 4 nitrogen and oxygen atoms in total. The van der Waals surface area contributed by atoms with Crippen LogP contribution in [0.25, 0.3) is 0 Å². The van der Waals surface area contributed by atoms with E-state index in [1.165, 1.54) is 6.07 Å². The van der Waals surface area contributed by atoms with Crippen LogP contribution >= 0.6 is 22.6 Å². The van der Waals surface area contributed by atoms with Crippen LogP contribution in [0.4, 0.5) is 0 Å². The van der Waals surface area contributed by atoms with Crippen LogP contribution in [-0.4, -0.2) is 30.1 Å². The number of rotatable bonds is 2. The molecular formula is C11H13IN2O2. The lowest BCUT2D eigenvalue weighted by molar-refractivity contribution is 0.0939. The molecule has 0 aliphatic carbocycles. The van der Waals surface area contributed by atoms with Gasteiger partial charge in [0, 0.05) is 18.2 Å². The van der Waals surface area contributed by atoms with E-state index in [0.717, 1.165) is 23.1 Å². The van der Waals surface area contributed by atoms with Gasteiger partial charge in [0.2, 0.25) is 0 Å². The van der Waals surface area contributed by atoms with Gasteiger partial charge in [-0.25, -0.2) is 0 Å². The molecule has 1 heterocycles. The number of aromatic hydroxyl groups is 1. The molecule has 0 radical (unpaired) electrons.